The van der Waals surface area contributed by atoms with E-state index in [1.165, 1.54) is 18.5 Å². The van der Waals surface area contributed by atoms with Gasteiger partial charge in [0.15, 0.2) is 12.1 Å². The summed E-state index contributed by atoms with van der Waals surface area (Å²) in [7, 11) is 0. The van der Waals surface area contributed by atoms with E-state index in [-0.39, 0.29) is 6.29 Å². The number of H-pyrrole nitrogens is 1. The van der Waals surface area contributed by atoms with Crippen molar-refractivity contribution in [3.05, 3.63) is 76.7 Å². The van der Waals surface area contributed by atoms with Crippen LogP contribution >= 0.6 is 15.9 Å². The fourth-order valence-corrected chi connectivity index (χ4v) is 3.71. The van der Waals surface area contributed by atoms with Crippen molar-refractivity contribution >= 4 is 33.6 Å². The van der Waals surface area contributed by atoms with E-state index in [4.69, 9.17) is 0 Å². The van der Waals surface area contributed by atoms with Crippen LogP contribution in [0, 0.1) is 0 Å². The van der Waals surface area contributed by atoms with Gasteiger partial charge in [0.05, 0.1) is 4.48 Å². The smallest absolute Gasteiger partial charge is 0.195 e. The fraction of sp³-hybridized carbons (Fsp3) is 0.182. The summed E-state index contributed by atoms with van der Waals surface area (Å²) < 4.78 is 0.850. The average Bonchev–Trinajstić information content (AvgIpc) is 3.50. The minimum atomic E-state index is -0.300. The molecule has 1 saturated carbocycles. The van der Waals surface area contributed by atoms with Crippen molar-refractivity contribution in [2.45, 2.75) is 25.0 Å². The number of aliphatic imine (C=N–C) groups is 1. The summed E-state index contributed by atoms with van der Waals surface area (Å²) in [6.07, 6.45) is 3.98. The highest BCUT2D eigenvalue weighted by Crippen LogP contribution is 2.39. The number of hydrogen-bond acceptors (Lipinski definition) is 5. The third-order valence-corrected chi connectivity index (χ3v) is 5.63. The Balaban J connectivity index is 1.31. The molecule has 1 fully saturated rings. The molecule has 4 N–H and O–H groups in total. The summed E-state index contributed by atoms with van der Waals surface area (Å²) in [5.74, 6) is 2.26. The lowest BCUT2D eigenvalue weighted by Crippen LogP contribution is -2.39. The van der Waals surface area contributed by atoms with E-state index in [1.807, 2.05) is 30.3 Å². The maximum absolute atomic E-state index is 4.56. The molecular formula is C22H21BrN6. The predicted octanol–water partition coefficient (Wildman–Crippen LogP) is 5.00. The zero-order valence-corrected chi connectivity index (χ0v) is 17.3. The molecular weight excluding hydrogens is 428 g/mol. The molecule has 1 aliphatic carbocycles. The first-order chi connectivity index (χ1) is 14.3. The number of aromatic nitrogens is 2. The van der Waals surface area contributed by atoms with Gasteiger partial charge in [0.25, 0.3) is 0 Å². The van der Waals surface area contributed by atoms with E-state index in [0.717, 1.165) is 32.9 Å². The van der Waals surface area contributed by atoms with Gasteiger partial charge in [-0.25, -0.2) is 4.99 Å². The minimum absolute atomic E-state index is 0.300. The number of aromatic amines is 1. The van der Waals surface area contributed by atoms with E-state index in [2.05, 4.69) is 77.4 Å². The van der Waals surface area contributed by atoms with E-state index >= 15 is 0 Å². The second kappa shape index (κ2) is 7.75. The molecule has 2 heterocycles. The molecule has 2 aromatic carbocycles. The summed E-state index contributed by atoms with van der Waals surface area (Å²) in [6, 6.07) is 20.7. The predicted molar refractivity (Wildman–Crippen MR) is 121 cm³/mol. The molecule has 0 saturated heterocycles. The first-order valence-electron chi connectivity index (χ1n) is 9.69. The molecule has 0 amide bonds. The zero-order chi connectivity index (χ0) is 19.6. The number of allylic oxidation sites excluding steroid dienone is 1. The fourth-order valence-electron chi connectivity index (χ4n) is 3.37. The molecule has 3 aromatic rings. The molecule has 29 heavy (non-hydrogen) atoms. The number of rotatable bonds is 6. The molecule has 0 bridgehead atoms. The lowest BCUT2D eigenvalue weighted by atomic mass is 10.0. The SMILES string of the molecule is BrC1=C(Nc2cc(C3CC3)[nH]n2)NC(Nc2ccccc2-c2ccccc2)N=C1. The van der Waals surface area contributed by atoms with Crippen LogP contribution in [0.5, 0.6) is 0 Å². The Morgan fingerprint density at radius 1 is 1.00 bits per heavy atom. The molecule has 5 rings (SSSR count). The maximum Gasteiger partial charge on any atom is 0.195 e. The van der Waals surface area contributed by atoms with Gasteiger partial charge in [-0.1, -0.05) is 48.5 Å². The first-order valence-corrected chi connectivity index (χ1v) is 10.5. The monoisotopic (exact) mass is 448 g/mol. The Morgan fingerprint density at radius 2 is 1.79 bits per heavy atom. The Morgan fingerprint density at radius 3 is 2.62 bits per heavy atom. The van der Waals surface area contributed by atoms with E-state index in [0.29, 0.717) is 5.92 Å². The number of benzene rings is 2. The van der Waals surface area contributed by atoms with E-state index < -0.39 is 0 Å². The van der Waals surface area contributed by atoms with Gasteiger partial charge in [-0.2, -0.15) is 5.10 Å². The first kappa shape index (κ1) is 18.0. The largest absolute Gasteiger partial charge is 0.346 e. The number of hydrogen-bond donors (Lipinski definition) is 4. The number of para-hydroxylation sites is 1. The summed E-state index contributed by atoms with van der Waals surface area (Å²) in [5.41, 5.74) is 4.51. The Kier molecular flexibility index (Phi) is 4.81. The van der Waals surface area contributed by atoms with Gasteiger partial charge in [0.2, 0.25) is 0 Å². The molecule has 1 unspecified atom stereocenters. The van der Waals surface area contributed by atoms with Crippen LogP contribution in [-0.2, 0) is 0 Å². The number of anilines is 2. The van der Waals surface area contributed by atoms with Crippen molar-refractivity contribution in [2.75, 3.05) is 10.6 Å². The molecule has 0 radical (unpaired) electrons. The van der Waals surface area contributed by atoms with Crippen LogP contribution in [-0.4, -0.2) is 22.7 Å². The molecule has 6 nitrogen and oxygen atoms in total. The van der Waals surface area contributed by atoms with Crippen LogP contribution in [0.3, 0.4) is 0 Å². The molecule has 1 atom stereocenters. The normalized spacial score (nSPS) is 18.4. The van der Waals surface area contributed by atoms with E-state index in [9.17, 15) is 0 Å². The van der Waals surface area contributed by atoms with Crippen LogP contribution < -0.4 is 16.0 Å². The van der Waals surface area contributed by atoms with Crippen LogP contribution in [0.1, 0.15) is 24.5 Å². The number of nitrogens with one attached hydrogen (secondary N) is 4. The Bertz CT molecular complexity index is 1070. The third-order valence-electron chi connectivity index (χ3n) is 5.03. The molecule has 0 spiro atoms. The quantitative estimate of drug-likeness (QED) is 0.427. The van der Waals surface area contributed by atoms with Gasteiger partial charge in [-0.05, 0) is 40.4 Å². The van der Waals surface area contributed by atoms with E-state index in [1.54, 1.807) is 6.21 Å². The van der Waals surface area contributed by atoms with Gasteiger partial charge in [-0.15, -0.1) is 0 Å². The van der Waals surface area contributed by atoms with Crippen molar-refractivity contribution < 1.29 is 0 Å². The van der Waals surface area contributed by atoms with Crippen molar-refractivity contribution in [1.29, 1.82) is 0 Å². The van der Waals surface area contributed by atoms with Crippen LogP contribution in [0.15, 0.2) is 76.0 Å². The zero-order valence-electron chi connectivity index (χ0n) is 15.7. The van der Waals surface area contributed by atoms with Gasteiger partial charge >= 0.3 is 0 Å². The lowest BCUT2D eigenvalue weighted by molar-refractivity contribution is 0.654. The second-order valence-corrected chi connectivity index (χ2v) is 8.07. The van der Waals surface area contributed by atoms with Crippen molar-refractivity contribution in [2.24, 2.45) is 4.99 Å². The maximum atomic E-state index is 4.56. The molecule has 2 aliphatic rings. The lowest BCUT2D eigenvalue weighted by Gasteiger charge is -2.25. The highest BCUT2D eigenvalue weighted by molar-refractivity contribution is 9.12. The van der Waals surface area contributed by atoms with Gasteiger partial charge in [0, 0.05) is 35.1 Å². The highest BCUT2D eigenvalue weighted by Gasteiger charge is 2.26. The second-order valence-electron chi connectivity index (χ2n) is 7.21. The topological polar surface area (TPSA) is 77.1 Å². The van der Waals surface area contributed by atoms with Gasteiger partial charge in [-0.3, -0.25) is 5.10 Å². The summed E-state index contributed by atoms with van der Waals surface area (Å²) in [4.78, 5) is 4.56. The Hall–Kier alpha value is -3.06. The van der Waals surface area contributed by atoms with Crippen LogP contribution in [0.4, 0.5) is 11.5 Å². The Labute approximate surface area is 177 Å². The summed E-state index contributed by atoms with van der Waals surface area (Å²) in [6.45, 7) is 0. The van der Waals surface area contributed by atoms with Crippen molar-refractivity contribution in [3.8, 4) is 11.1 Å². The summed E-state index contributed by atoms with van der Waals surface area (Å²) >= 11 is 3.56. The molecule has 1 aliphatic heterocycles. The van der Waals surface area contributed by atoms with Gasteiger partial charge < -0.3 is 16.0 Å². The van der Waals surface area contributed by atoms with Gasteiger partial charge in [0.1, 0.15) is 5.82 Å². The molecule has 1 aromatic heterocycles. The van der Waals surface area contributed by atoms with Crippen molar-refractivity contribution in [3.63, 3.8) is 0 Å². The summed E-state index contributed by atoms with van der Waals surface area (Å²) in [5, 5.41) is 17.7. The van der Waals surface area contributed by atoms with Crippen molar-refractivity contribution in [1.82, 2.24) is 15.5 Å². The highest BCUT2D eigenvalue weighted by atomic mass is 79.9. The molecule has 146 valence electrons. The van der Waals surface area contributed by atoms with Crippen LogP contribution in [0.2, 0.25) is 0 Å². The average molecular weight is 449 g/mol. The number of nitrogens with zero attached hydrogens (tertiary/aromatic N) is 2. The minimum Gasteiger partial charge on any atom is -0.346 e. The standard InChI is InChI=1S/C22H21BrN6/c23-17-13-24-22(27-21(17)26-20-12-19(28-29-20)15-10-11-15)25-18-9-5-4-8-16(18)14-6-2-1-3-7-14/h1-9,12-13,15,22,25,27H,10-11H2,(H2,26,28,29). The third kappa shape index (κ3) is 4.05. The molecule has 7 heteroatoms. The van der Waals surface area contributed by atoms with Crippen LogP contribution in [0.25, 0.3) is 11.1 Å². The number of halogens is 1.